The van der Waals surface area contributed by atoms with Crippen LogP contribution >= 0.6 is 0 Å². The Kier molecular flexibility index (Phi) is 4.24. The predicted octanol–water partition coefficient (Wildman–Crippen LogP) is 1.46. The molecular weight excluding hydrogens is 252 g/mol. The molecule has 0 amide bonds. The summed E-state index contributed by atoms with van der Waals surface area (Å²) in [6.07, 6.45) is 0.398. The lowest BCUT2D eigenvalue weighted by Crippen LogP contribution is -2.29. The number of hydrogen-bond acceptors (Lipinski definition) is 4. The van der Waals surface area contributed by atoms with E-state index in [1.54, 1.807) is 7.11 Å². The molecule has 0 bridgehead atoms. The van der Waals surface area contributed by atoms with Gasteiger partial charge in [0.05, 0.1) is 19.8 Å². The molecule has 2 fully saturated rings. The van der Waals surface area contributed by atoms with E-state index < -0.39 is 0 Å². The summed E-state index contributed by atoms with van der Waals surface area (Å²) in [5.74, 6) is 1.62. The highest BCUT2D eigenvalue weighted by Gasteiger charge is 2.35. The highest BCUT2D eigenvalue weighted by Crippen LogP contribution is 2.27. The summed E-state index contributed by atoms with van der Waals surface area (Å²) in [6, 6.07) is 8.29. The van der Waals surface area contributed by atoms with Crippen LogP contribution in [0.2, 0.25) is 0 Å². The third-order valence-electron chi connectivity index (χ3n) is 4.39. The summed E-state index contributed by atoms with van der Waals surface area (Å²) < 4.78 is 11.5. The van der Waals surface area contributed by atoms with Gasteiger partial charge in [-0.2, -0.15) is 0 Å². The number of likely N-dealkylation sites (N-methyl/N-ethyl adjacent to an activating group) is 1. The Hall–Kier alpha value is -1.10. The van der Waals surface area contributed by atoms with Gasteiger partial charge >= 0.3 is 0 Å². The van der Waals surface area contributed by atoms with E-state index in [4.69, 9.17) is 9.47 Å². The predicted molar refractivity (Wildman–Crippen MR) is 79.0 cm³/mol. The van der Waals surface area contributed by atoms with Crippen molar-refractivity contribution < 1.29 is 9.47 Å². The standard InChI is InChI=1S/C16H24N2O2/c1-17-7-8-20-16-12-18(11-14(16)9-17)10-13-5-3-4-6-15(13)19-2/h3-6,14,16H,7-12H2,1-2H3/t14-,16+/m1/s1. The Bertz CT molecular complexity index is 452. The van der Waals surface area contributed by atoms with Gasteiger partial charge in [-0.05, 0) is 13.1 Å². The number of ether oxygens (including phenoxy) is 2. The zero-order chi connectivity index (χ0) is 13.9. The molecule has 0 aromatic heterocycles. The van der Waals surface area contributed by atoms with Gasteiger partial charge in [-0.25, -0.2) is 0 Å². The fourth-order valence-electron chi connectivity index (χ4n) is 3.35. The lowest BCUT2D eigenvalue weighted by molar-refractivity contribution is 0.0514. The van der Waals surface area contributed by atoms with Gasteiger partial charge in [0.25, 0.3) is 0 Å². The van der Waals surface area contributed by atoms with Crippen molar-refractivity contribution in [1.29, 1.82) is 0 Å². The fraction of sp³-hybridized carbons (Fsp3) is 0.625. The van der Waals surface area contributed by atoms with Gasteiger partial charge in [-0.1, -0.05) is 18.2 Å². The first kappa shape index (κ1) is 13.9. The van der Waals surface area contributed by atoms with Crippen LogP contribution in [-0.4, -0.2) is 62.8 Å². The Morgan fingerprint density at radius 1 is 1.25 bits per heavy atom. The van der Waals surface area contributed by atoms with Crippen molar-refractivity contribution in [3.8, 4) is 5.75 Å². The average Bonchev–Trinajstić information content (AvgIpc) is 2.72. The zero-order valence-electron chi connectivity index (χ0n) is 12.4. The minimum Gasteiger partial charge on any atom is -0.496 e. The van der Waals surface area contributed by atoms with Crippen LogP contribution in [0.15, 0.2) is 24.3 Å². The largest absolute Gasteiger partial charge is 0.496 e. The van der Waals surface area contributed by atoms with E-state index in [1.165, 1.54) is 5.56 Å². The van der Waals surface area contributed by atoms with Gasteiger partial charge in [0.1, 0.15) is 5.75 Å². The van der Waals surface area contributed by atoms with Crippen LogP contribution in [-0.2, 0) is 11.3 Å². The van der Waals surface area contributed by atoms with Crippen molar-refractivity contribution in [2.45, 2.75) is 12.6 Å². The van der Waals surface area contributed by atoms with Crippen LogP contribution in [0.25, 0.3) is 0 Å². The van der Waals surface area contributed by atoms with Gasteiger partial charge in [0, 0.05) is 44.2 Å². The quantitative estimate of drug-likeness (QED) is 0.834. The van der Waals surface area contributed by atoms with Crippen molar-refractivity contribution in [2.24, 2.45) is 5.92 Å². The maximum atomic E-state index is 6.01. The molecule has 0 unspecified atom stereocenters. The summed E-state index contributed by atoms with van der Waals surface area (Å²) in [5.41, 5.74) is 1.26. The Labute approximate surface area is 121 Å². The molecule has 0 spiro atoms. The maximum absolute atomic E-state index is 6.01. The molecule has 1 aromatic rings. The van der Waals surface area contributed by atoms with E-state index >= 15 is 0 Å². The molecule has 0 aliphatic carbocycles. The fourth-order valence-corrected chi connectivity index (χ4v) is 3.35. The number of nitrogens with zero attached hydrogens (tertiary/aromatic N) is 2. The first-order valence-corrected chi connectivity index (χ1v) is 7.40. The van der Waals surface area contributed by atoms with Crippen molar-refractivity contribution >= 4 is 0 Å². The molecule has 2 saturated heterocycles. The van der Waals surface area contributed by atoms with Crippen LogP contribution in [0, 0.1) is 5.92 Å². The molecule has 0 N–H and O–H groups in total. The molecule has 2 heterocycles. The van der Waals surface area contributed by atoms with Crippen molar-refractivity contribution in [3.05, 3.63) is 29.8 Å². The number of fused-ring (bicyclic) bond motifs is 1. The van der Waals surface area contributed by atoms with Crippen LogP contribution in [0.5, 0.6) is 5.75 Å². The third kappa shape index (κ3) is 2.97. The highest BCUT2D eigenvalue weighted by molar-refractivity contribution is 5.33. The minimum atomic E-state index is 0.398. The lowest BCUT2D eigenvalue weighted by Gasteiger charge is -2.20. The lowest BCUT2D eigenvalue weighted by atomic mass is 10.1. The second kappa shape index (κ2) is 6.12. The molecular formula is C16H24N2O2. The Morgan fingerprint density at radius 3 is 2.95 bits per heavy atom. The first-order valence-electron chi connectivity index (χ1n) is 7.40. The molecule has 1 aromatic carbocycles. The van der Waals surface area contributed by atoms with E-state index in [2.05, 4.69) is 29.0 Å². The van der Waals surface area contributed by atoms with Gasteiger partial charge in [0.15, 0.2) is 0 Å². The number of benzene rings is 1. The molecule has 20 heavy (non-hydrogen) atoms. The molecule has 4 nitrogen and oxygen atoms in total. The van der Waals surface area contributed by atoms with E-state index in [1.807, 2.05) is 12.1 Å². The van der Waals surface area contributed by atoms with Crippen LogP contribution in [0.1, 0.15) is 5.56 Å². The van der Waals surface area contributed by atoms with E-state index in [0.717, 1.165) is 45.1 Å². The van der Waals surface area contributed by atoms with Crippen LogP contribution in [0.3, 0.4) is 0 Å². The van der Waals surface area contributed by atoms with E-state index in [0.29, 0.717) is 12.0 Å². The minimum absolute atomic E-state index is 0.398. The normalized spacial score (nSPS) is 28.1. The molecule has 0 radical (unpaired) electrons. The molecule has 0 saturated carbocycles. The van der Waals surface area contributed by atoms with Gasteiger partial charge in [0.2, 0.25) is 0 Å². The highest BCUT2D eigenvalue weighted by atomic mass is 16.5. The molecule has 4 heteroatoms. The summed E-state index contributed by atoms with van der Waals surface area (Å²) in [7, 11) is 3.93. The van der Waals surface area contributed by atoms with E-state index in [-0.39, 0.29) is 0 Å². The zero-order valence-corrected chi connectivity index (χ0v) is 12.4. The summed E-state index contributed by atoms with van der Waals surface area (Å²) in [6.45, 7) is 6.17. The monoisotopic (exact) mass is 276 g/mol. The third-order valence-corrected chi connectivity index (χ3v) is 4.39. The SMILES string of the molecule is COc1ccccc1CN1C[C@H]2CN(C)CCO[C@H]2C1. The number of para-hydroxylation sites is 1. The topological polar surface area (TPSA) is 24.9 Å². The molecule has 2 aliphatic heterocycles. The molecule has 2 aliphatic rings. The van der Waals surface area contributed by atoms with Crippen molar-refractivity contribution in [2.75, 3.05) is 46.9 Å². The van der Waals surface area contributed by atoms with Gasteiger partial charge < -0.3 is 14.4 Å². The van der Waals surface area contributed by atoms with Gasteiger partial charge in [-0.3, -0.25) is 4.90 Å². The molecule has 3 rings (SSSR count). The summed E-state index contributed by atoms with van der Waals surface area (Å²) >= 11 is 0. The second-order valence-corrected chi connectivity index (χ2v) is 5.94. The van der Waals surface area contributed by atoms with Crippen molar-refractivity contribution in [1.82, 2.24) is 9.80 Å². The number of hydrogen-bond donors (Lipinski definition) is 0. The Balaban J connectivity index is 1.65. The molecule has 110 valence electrons. The smallest absolute Gasteiger partial charge is 0.123 e. The summed E-state index contributed by atoms with van der Waals surface area (Å²) in [5, 5.41) is 0. The maximum Gasteiger partial charge on any atom is 0.123 e. The average molecular weight is 276 g/mol. The van der Waals surface area contributed by atoms with Crippen LogP contribution in [0.4, 0.5) is 0 Å². The molecule has 2 atom stereocenters. The van der Waals surface area contributed by atoms with E-state index in [9.17, 15) is 0 Å². The van der Waals surface area contributed by atoms with Crippen molar-refractivity contribution in [3.63, 3.8) is 0 Å². The van der Waals surface area contributed by atoms with Gasteiger partial charge in [-0.15, -0.1) is 0 Å². The Morgan fingerprint density at radius 2 is 2.10 bits per heavy atom. The number of likely N-dealkylation sites (tertiary alicyclic amines) is 1. The first-order chi connectivity index (χ1) is 9.76. The number of methoxy groups -OCH3 is 1. The van der Waals surface area contributed by atoms with Crippen LogP contribution < -0.4 is 4.74 Å². The summed E-state index contributed by atoms with van der Waals surface area (Å²) in [4.78, 5) is 4.88. The number of rotatable bonds is 3. The second-order valence-electron chi connectivity index (χ2n) is 5.94.